The van der Waals surface area contributed by atoms with Crippen molar-refractivity contribution >= 4 is 0 Å². The Balaban J connectivity index is 1.85. The lowest BCUT2D eigenvalue weighted by molar-refractivity contribution is 0.122. The predicted octanol–water partition coefficient (Wildman–Crippen LogP) is 0.239. The molecule has 0 aromatic carbocycles. The van der Waals surface area contributed by atoms with Gasteiger partial charge in [0.25, 0.3) is 0 Å². The van der Waals surface area contributed by atoms with E-state index in [-0.39, 0.29) is 12.1 Å². The van der Waals surface area contributed by atoms with Crippen LogP contribution in [-0.2, 0) is 11.3 Å². The van der Waals surface area contributed by atoms with Gasteiger partial charge in [0.15, 0.2) is 0 Å². The van der Waals surface area contributed by atoms with Crippen LogP contribution >= 0.6 is 0 Å². The number of aryl methyl sites for hydroxylation is 1. The van der Waals surface area contributed by atoms with E-state index in [9.17, 15) is 5.11 Å². The van der Waals surface area contributed by atoms with Crippen molar-refractivity contribution in [2.24, 2.45) is 0 Å². The molecule has 0 spiro atoms. The molecule has 4 heteroatoms. The molecule has 15 heavy (non-hydrogen) atoms. The number of hydrogen-bond donors (Lipinski definition) is 2. The second kappa shape index (κ2) is 4.70. The quantitative estimate of drug-likeness (QED) is 0.747. The number of aliphatic hydroxyl groups is 1. The monoisotopic (exact) mass is 208 g/mol. The van der Waals surface area contributed by atoms with Gasteiger partial charge in [-0.3, -0.25) is 4.98 Å². The van der Waals surface area contributed by atoms with Crippen LogP contribution in [0, 0.1) is 6.92 Å². The third-order valence-corrected chi connectivity index (χ3v) is 2.59. The SMILES string of the molecule is Cc1ccc(CNC2COCC2O)cn1. The number of hydrogen-bond acceptors (Lipinski definition) is 4. The zero-order chi connectivity index (χ0) is 10.7. The number of pyridine rings is 1. The summed E-state index contributed by atoms with van der Waals surface area (Å²) in [6, 6.07) is 4.07. The first-order valence-electron chi connectivity index (χ1n) is 5.16. The maximum Gasteiger partial charge on any atom is 0.0948 e. The summed E-state index contributed by atoms with van der Waals surface area (Å²) in [6.45, 7) is 3.70. The summed E-state index contributed by atoms with van der Waals surface area (Å²) in [4.78, 5) is 4.21. The molecule has 1 aromatic rings. The van der Waals surface area contributed by atoms with Crippen molar-refractivity contribution < 1.29 is 9.84 Å². The maximum absolute atomic E-state index is 9.51. The molecule has 0 aliphatic carbocycles. The first-order chi connectivity index (χ1) is 7.25. The molecule has 2 atom stereocenters. The topological polar surface area (TPSA) is 54.4 Å². The van der Waals surface area contributed by atoms with E-state index < -0.39 is 0 Å². The Morgan fingerprint density at radius 1 is 1.53 bits per heavy atom. The maximum atomic E-state index is 9.51. The number of aliphatic hydroxyl groups excluding tert-OH is 1. The molecule has 1 aliphatic heterocycles. The van der Waals surface area contributed by atoms with Gasteiger partial charge in [-0.25, -0.2) is 0 Å². The van der Waals surface area contributed by atoms with E-state index in [4.69, 9.17) is 4.74 Å². The molecule has 1 fully saturated rings. The van der Waals surface area contributed by atoms with Crippen LogP contribution in [0.5, 0.6) is 0 Å². The summed E-state index contributed by atoms with van der Waals surface area (Å²) >= 11 is 0. The minimum atomic E-state index is -0.386. The van der Waals surface area contributed by atoms with E-state index in [0.29, 0.717) is 13.2 Å². The average molecular weight is 208 g/mol. The van der Waals surface area contributed by atoms with E-state index in [1.54, 1.807) is 0 Å². The average Bonchev–Trinajstić information content (AvgIpc) is 2.63. The smallest absolute Gasteiger partial charge is 0.0948 e. The van der Waals surface area contributed by atoms with E-state index in [1.807, 2.05) is 25.3 Å². The third kappa shape index (κ3) is 2.75. The molecule has 0 bridgehead atoms. The Hall–Kier alpha value is -0.970. The van der Waals surface area contributed by atoms with Crippen LogP contribution in [0.4, 0.5) is 0 Å². The van der Waals surface area contributed by atoms with Crippen LogP contribution in [0.15, 0.2) is 18.3 Å². The minimum Gasteiger partial charge on any atom is -0.389 e. The molecule has 2 heterocycles. The van der Waals surface area contributed by atoms with Gasteiger partial charge >= 0.3 is 0 Å². The van der Waals surface area contributed by atoms with Gasteiger partial charge < -0.3 is 15.2 Å². The van der Waals surface area contributed by atoms with E-state index in [2.05, 4.69) is 10.3 Å². The number of aromatic nitrogens is 1. The van der Waals surface area contributed by atoms with Crippen LogP contribution in [0.1, 0.15) is 11.3 Å². The Kier molecular flexibility index (Phi) is 3.30. The first kappa shape index (κ1) is 10.5. The van der Waals surface area contributed by atoms with Crippen molar-refractivity contribution in [1.82, 2.24) is 10.3 Å². The lowest BCUT2D eigenvalue weighted by Crippen LogP contribution is -2.38. The van der Waals surface area contributed by atoms with Gasteiger partial charge in [-0.2, -0.15) is 0 Å². The Morgan fingerprint density at radius 2 is 2.40 bits per heavy atom. The fraction of sp³-hybridized carbons (Fsp3) is 0.545. The summed E-state index contributed by atoms with van der Waals surface area (Å²) < 4.78 is 5.15. The summed E-state index contributed by atoms with van der Waals surface area (Å²) in [5.41, 5.74) is 2.14. The summed E-state index contributed by atoms with van der Waals surface area (Å²) in [5, 5.41) is 12.8. The Labute approximate surface area is 89.3 Å². The number of nitrogens with zero attached hydrogens (tertiary/aromatic N) is 1. The zero-order valence-corrected chi connectivity index (χ0v) is 8.81. The highest BCUT2D eigenvalue weighted by Gasteiger charge is 2.25. The molecule has 2 rings (SSSR count). The van der Waals surface area contributed by atoms with Gasteiger partial charge in [0.1, 0.15) is 0 Å². The fourth-order valence-electron chi connectivity index (χ4n) is 1.59. The molecule has 1 aromatic heterocycles. The van der Waals surface area contributed by atoms with Gasteiger partial charge in [-0.1, -0.05) is 6.07 Å². The standard InChI is InChI=1S/C11H16N2O2/c1-8-2-3-9(4-12-8)5-13-10-6-15-7-11(10)14/h2-4,10-11,13-14H,5-7H2,1H3. The van der Waals surface area contributed by atoms with Gasteiger partial charge in [0.2, 0.25) is 0 Å². The zero-order valence-electron chi connectivity index (χ0n) is 8.81. The second-order valence-electron chi connectivity index (χ2n) is 3.90. The van der Waals surface area contributed by atoms with Crippen LogP contribution in [0.2, 0.25) is 0 Å². The second-order valence-corrected chi connectivity index (χ2v) is 3.90. The third-order valence-electron chi connectivity index (χ3n) is 2.59. The van der Waals surface area contributed by atoms with E-state index in [1.165, 1.54) is 0 Å². The van der Waals surface area contributed by atoms with Crippen LogP contribution < -0.4 is 5.32 Å². The van der Waals surface area contributed by atoms with Crippen molar-refractivity contribution in [3.63, 3.8) is 0 Å². The van der Waals surface area contributed by atoms with Crippen molar-refractivity contribution in [1.29, 1.82) is 0 Å². The lowest BCUT2D eigenvalue weighted by atomic mass is 10.2. The van der Waals surface area contributed by atoms with Crippen LogP contribution in [0.3, 0.4) is 0 Å². The Bertz CT molecular complexity index is 313. The van der Waals surface area contributed by atoms with Crippen molar-refractivity contribution in [3.8, 4) is 0 Å². The molecule has 2 N–H and O–H groups in total. The van der Waals surface area contributed by atoms with Gasteiger partial charge in [0.05, 0.1) is 25.4 Å². The number of nitrogens with one attached hydrogen (secondary N) is 1. The largest absolute Gasteiger partial charge is 0.389 e. The van der Waals surface area contributed by atoms with Crippen molar-refractivity contribution in [2.75, 3.05) is 13.2 Å². The van der Waals surface area contributed by atoms with Crippen molar-refractivity contribution in [3.05, 3.63) is 29.6 Å². The highest BCUT2D eigenvalue weighted by molar-refractivity contribution is 5.13. The first-order valence-corrected chi connectivity index (χ1v) is 5.16. The van der Waals surface area contributed by atoms with Crippen LogP contribution in [-0.4, -0.2) is 35.5 Å². The summed E-state index contributed by atoms with van der Waals surface area (Å²) in [5.74, 6) is 0. The highest BCUT2D eigenvalue weighted by atomic mass is 16.5. The molecule has 4 nitrogen and oxygen atoms in total. The molecule has 0 saturated carbocycles. The van der Waals surface area contributed by atoms with Gasteiger partial charge in [-0.15, -0.1) is 0 Å². The summed E-state index contributed by atoms with van der Waals surface area (Å²) in [6.07, 6.45) is 1.47. The molecule has 1 aliphatic rings. The molecule has 82 valence electrons. The molecular weight excluding hydrogens is 192 g/mol. The fourth-order valence-corrected chi connectivity index (χ4v) is 1.59. The van der Waals surface area contributed by atoms with Crippen LogP contribution in [0.25, 0.3) is 0 Å². The molecule has 2 unspecified atom stereocenters. The molecule has 0 radical (unpaired) electrons. The Morgan fingerprint density at radius 3 is 3.00 bits per heavy atom. The molecule has 0 amide bonds. The minimum absolute atomic E-state index is 0.0475. The van der Waals surface area contributed by atoms with Gasteiger partial charge in [0, 0.05) is 18.4 Å². The predicted molar refractivity (Wildman–Crippen MR) is 56.4 cm³/mol. The number of rotatable bonds is 3. The normalized spacial score (nSPS) is 25.7. The summed E-state index contributed by atoms with van der Waals surface area (Å²) in [7, 11) is 0. The van der Waals surface area contributed by atoms with Crippen molar-refractivity contribution in [2.45, 2.75) is 25.6 Å². The molecular formula is C11H16N2O2. The lowest BCUT2D eigenvalue weighted by Gasteiger charge is -2.14. The highest BCUT2D eigenvalue weighted by Crippen LogP contribution is 2.06. The van der Waals surface area contributed by atoms with E-state index >= 15 is 0 Å². The molecule has 1 saturated heterocycles. The van der Waals surface area contributed by atoms with E-state index in [0.717, 1.165) is 17.8 Å². The van der Waals surface area contributed by atoms with Gasteiger partial charge in [-0.05, 0) is 18.6 Å². The number of ether oxygens (including phenoxy) is 1.